The van der Waals surface area contributed by atoms with Crippen molar-refractivity contribution in [2.75, 3.05) is 0 Å². The van der Waals surface area contributed by atoms with Gasteiger partial charge in [0.15, 0.2) is 0 Å². The molecule has 1 aliphatic rings. The molecule has 0 radical (unpaired) electrons. The maximum absolute atomic E-state index is 13.2. The van der Waals surface area contributed by atoms with E-state index in [9.17, 15) is 23.1 Å². The van der Waals surface area contributed by atoms with Gasteiger partial charge in [-0.05, 0) is 36.1 Å². The van der Waals surface area contributed by atoms with Crippen molar-refractivity contribution in [2.45, 2.75) is 43.5 Å². The quantitative estimate of drug-likeness (QED) is 0.500. The Morgan fingerprint density at radius 1 is 1.22 bits per heavy atom. The molecule has 4 rings (SSSR count). The first kappa shape index (κ1) is 22.3. The minimum Gasteiger partial charge on any atom is -0.387 e. The van der Waals surface area contributed by atoms with Crippen molar-refractivity contribution >= 4 is 17.5 Å². The molecule has 0 spiro atoms. The molecule has 1 atom stereocenters. The van der Waals surface area contributed by atoms with Crippen LogP contribution in [0.3, 0.4) is 0 Å². The zero-order chi connectivity index (χ0) is 22.9. The van der Waals surface area contributed by atoms with Crippen LogP contribution in [0.15, 0.2) is 48.9 Å². The van der Waals surface area contributed by atoms with Crippen LogP contribution in [0.25, 0.3) is 11.1 Å². The molecule has 10 heteroatoms. The third-order valence-corrected chi connectivity index (χ3v) is 6.13. The predicted octanol–water partition coefficient (Wildman–Crippen LogP) is 4.92. The van der Waals surface area contributed by atoms with Crippen LogP contribution in [-0.2, 0) is 6.18 Å². The number of carbonyl (C=O) groups excluding carboxylic acids is 1. The number of nitrogens with zero attached hydrogens (tertiary/aromatic N) is 2. The number of hydrogen-bond acceptors (Lipinski definition) is 4. The maximum atomic E-state index is 13.2. The van der Waals surface area contributed by atoms with Crippen LogP contribution in [0.2, 0.25) is 5.02 Å². The lowest BCUT2D eigenvalue weighted by Crippen LogP contribution is -2.44. The van der Waals surface area contributed by atoms with Gasteiger partial charge in [-0.3, -0.25) is 9.89 Å². The molecule has 1 fully saturated rings. The summed E-state index contributed by atoms with van der Waals surface area (Å²) >= 11 is 5.89. The van der Waals surface area contributed by atoms with Crippen molar-refractivity contribution in [1.29, 1.82) is 0 Å². The average Bonchev–Trinajstić information content (AvgIpc) is 3.44. The maximum Gasteiger partial charge on any atom is 0.417 e. The normalized spacial score (nSPS) is 16.7. The van der Waals surface area contributed by atoms with Crippen molar-refractivity contribution in [1.82, 2.24) is 20.5 Å². The van der Waals surface area contributed by atoms with Crippen molar-refractivity contribution in [3.63, 3.8) is 0 Å². The fourth-order valence-corrected chi connectivity index (χ4v) is 4.44. The number of hydrogen-bond donors (Lipinski definition) is 3. The summed E-state index contributed by atoms with van der Waals surface area (Å²) in [5, 5.41) is 19.9. The summed E-state index contributed by atoms with van der Waals surface area (Å²) < 4.78 is 39.6. The van der Waals surface area contributed by atoms with E-state index in [0.717, 1.165) is 36.2 Å². The minimum absolute atomic E-state index is 0.442. The average molecular weight is 465 g/mol. The molecular formula is C22H20ClF3N4O2. The standard InChI is InChI=1S/C22H20ClF3N4O2/c23-17-16(22(24,25)26)6-9-27-18(17)20(31)30-19(21(32)7-1-2-8-21)14-5-3-4-13(10-14)15-11-28-29-12-15/h3-6,9-12,19,32H,1-2,7-8H2,(H,28,29)(H,30,31). The molecule has 1 aliphatic carbocycles. The van der Waals surface area contributed by atoms with E-state index < -0.39 is 40.0 Å². The lowest BCUT2D eigenvalue weighted by atomic mass is 9.86. The first-order chi connectivity index (χ1) is 15.2. The smallest absolute Gasteiger partial charge is 0.387 e. The number of amides is 1. The Kier molecular flexibility index (Phi) is 5.96. The van der Waals surface area contributed by atoms with Gasteiger partial charge in [0.25, 0.3) is 5.91 Å². The third-order valence-electron chi connectivity index (χ3n) is 5.74. The SMILES string of the molecule is O=C(NC(c1cccc(-c2cn[nH]c2)c1)C1(O)CCCC1)c1nccc(C(F)(F)F)c1Cl. The topological polar surface area (TPSA) is 90.9 Å². The van der Waals surface area contributed by atoms with Crippen molar-refractivity contribution in [2.24, 2.45) is 0 Å². The number of aromatic nitrogens is 3. The van der Waals surface area contributed by atoms with Crippen LogP contribution in [0.5, 0.6) is 0 Å². The second kappa shape index (κ2) is 8.55. The fourth-order valence-electron chi connectivity index (χ4n) is 4.13. The van der Waals surface area contributed by atoms with E-state index >= 15 is 0 Å². The molecule has 1 unspecified atom stereocenters. The molecule has 0 saturated heterocycles. The number of aliphatic hydroxyl groups is 1. The van der Waals surface area contributed by atoms with Gasteiger partial charge in [0.1, 0.15) is 5.69 Å². The minimum atomic E-state index is -4.73. The number of benzene rings is 1. The number of H-pyrrole nitrogens is 1. The Balaban J connectivity index is 1.71. The Labute approximate surface area is 186 Å². The first-order valence-electron chi connectivity index (χ1n) is 10.0. The van der Waals surface area contributed by atoms with Gasteiger partial charge in [0.05, 0.1) is 28.4 Å². The predicted molar refractivity (Wildman–Crippen MR) is 112 cm³/mol. The Morgan fingerprint density at radius 2 is 1.97 bits per heavy atom. The number of rotatable bonds is 5. The highest BCUT2D eigenvalue weighted by Crippen LogP contribution is 2.41. The van der Waals surface area contributed by atoms with Gasteiger partial charge < -0.3 is 10.4 Å². The van der Waals surface area contributed by atoms with E-state index in [2.05, 4.69) is 20.5 Å². The molecule has 1 aromatic carbocycles. The summed E-state index contributed by atoms with van der Waals surface area (Å²) in [6, 6.07) is 7.06. The van der Waals surface area contributed by atoms with E-state index in [1.54, 1.807) is 24.5 Å². The molecule has 0 bridgehead atoms. The monoisotopic (exact) mass is 464 g/mol. The Morgan fingerprint density at radius 3 is 2.62 bits per heavy atom. The largest absolute Gasteiger partial charge is 0.417 e. The van der Waals surface area contributed by atoms with Gasteiger partial charge in [-0.2, -0.15) is 18.3 Å². The molecular weight excluding hydrogens is 445 g/mol. The highest BCUT2D eigenvalue weighted by Gasteiger charge is 2.42. The van der Waals surface area contributed by atoms with Crippen molar-refractivity contribution in [3.8, 4) is 11.1 Å². The van der Waals surface area contributed by atoms with Crippen LogP contribution >= 0.6 is 11.6 Å². The van der Waals surface area contributed by atoms with Gasteiger partial charge in [-0.15, -0.1) is 0 Å². The highest BCUT2D eigenvalue weighted by atomic mass is 35.5. The third kappa shape index (κ3) is 4.35. The number of aromatic amines is 1. The molecule has 2 heterocycles. The molecule has 2 aromatic heterocycles. The second-order valence-electron chi connectivity index (χ2n) is 7.85. The van der Waals surface area contributed by atoms with Gasteiger partial charge in [0, 0.05) is 18.0 Å². The summed E-state index contributed by atoms with van der Waals surface area (Å²) in [5.41, 5.74) is -0.690. The molecule has 6 nitrogen and oxygen atoms in total. The van der Waals surface area contributed by atoms with Crippen molar-refractivity contribution in [3.05, 3.63) is 70.8 Å². The molecule has 3 aromatic rings. The van der Waals surface area contributed by atoms with Crippen molar-refractivity contribution < 1.29 is 23.1 Å². The van der Waals surface area contributed by atoms with Crippen LogP contribution in [0, 0.1) is 0 Å². The van der Waals surface area contributed by atoms with Gasteiger partial charge in [-0.25, -0.2) is 4.98 Å². The second-order valence-corrected chi connectivity index (χ2v) is 8.23. The van der Waals surface area contributed by atoms with Gasteiger partial charge in [-0.1, -0.05) is 42.6 Å². The van der Waals surface area contributed by atoms with Gasteiger partial charge >= 0.3 is 6.18 Å². The highest BCUT2D eigenvalue weighted by molar-refractivity contribution is 6.34. The lowest BCUT2D eigenvalue weighted by molar-refractivity contribution is -0.137. The molecule has 0 aliphatic heterocycles. The van der Waals surface area contributed by atoms with Crippen LogP contribution in [0.1, 0.15) is 53.3 Å². The van der Waals surface area contributed by atoms with E-state index in [1.165, 1.54) is 0 Å². The zero-order valence-corrected chi connectivity index (χ0v) is 17.5. The summed E-state index contributed by atoms with van der Waals surface area (Å²) in [5.74, 6) is -0.889. The fraction of sp³-hybridized carbons (Fsp3) is 0.318. The molecule has 168 valence electrons. The molecule has 1 saturated carbocycles. The van der Waals surface area contributed by atoms with Gasteiger partial charge in [0.2, 0.25) is 0 Å². The zero-order valence-electron chi connectivity index (χ0n) is 16.8. The molecule has 3 N–H and O–H groups in total. The number of pyridine rings is 1. The van der Waals surface area contributed by atoms with Crippen LogP contribution in [0.4, 0.5) is 13.2 Å². The summed E-state index contributed by atoms with van der Waals surface area (Å²) in [6.07, 6.45) is 1.95. The summed E-state index contributed by atoms with van der Waals surface area (Å²) in [7, 11) is 0. The summed E-state index contributed by atoms with van der Waals surface area (Å²) in [6.45, 7) is 0. The summed E-state index contributed by atoms with van der Waals surface area (Å²) in [4.78, 5) is 16.8. The number of halogens is 4. The lowest BCUT2D eigenvalue weighted by Gasteiger charge is -2.34. The first-order valence-corrected chi connectivity index (χ1v) is 10.4. The van der Waals surface area contributed by atoms with E-state index in [0.29, 0.717) is 18.4 Å². The number of carbonyl (C=O) groups is 1. The number of nitrogens with one attached hydrogen (secondary N) is 2. The van der Waals surface area contributed by atoms with E-state index in [1.807, 2.05) is 12.1 Å². The number of alkyl halides is 3. The van der Waals surface area contributed by atoms with E-state index in [-0.39, 0.29) is 0 Å². The Hall–Kier alpha value is -2.91. The van der Waals surface area contributed by atoms with E-state index in [4.69, 9.17) is 11.6 Å². The molecule has 1 amide bonds. The molecule has 32 heavy (non-hydrogen) atoms. The Bertz CT molecular complexity index is 1110. The van der Waals surface area contributed by atoms with Crippen LogP contribution < -0.4 is 5.32 Å². The van der Waals surface area contributed by atoms with Crippen LogP contribution in [-0.4, -0.2) is 31.8 Å².